The summed E-state index contributed by atoms with van der Waals surface area (Å²) in [5.74, 6) is 1.27. The van der Waals surface area contributed by atoms with E-state index in [1.54, 1.807) is 24.0 Å². The summed E-state index contributed by atoms with van der Waals surface area (Å²) >= 11 is 6.04. The van der Waals surface area contributed by atoms with Crippen LogP contribution < -0.4 is 5.32 Å². The lowest BCUT2D eigenvalue weighted by Gasteiger charge is -2.30. The van der Waals surface area contributed by atoms with Gasteiger partial charge in [0.15, 0.2) is 11.6 Å². The van der Waals surface area contributed by atoms with Gasteiger partial charge in [0.25, 0.3) is 5.91 Å². The van der Waals surface area contributed by atoms with E-state index in [9.17, 15) is 9.59 Å². The molecule has 0 bridgehead atoms. The van der Waals surface area contributed by atoms with Crippen molar-refractivity contribution in [2.75, 3.05) is 31.5 Å². The fraction of sp³-hybridized carbons (Fsp3) is 0.500. The van der Waals surface area contributed by atoms with Gasteiger partial charge in [0.1, 0.15) is 5.76 Å². The predicted octanol–water partition coefficient (Wildman–Crippen LogP) is 4.59. The molecule has 2 aromatic rings. The summed E-state index contributed by atoms with van der Waals surface area (Å²) in [7, 11) is 0. The van der Waals surface area contributed by atoms with Gasteiger partial charge >= 0.3 is 6.03 Å². The van der Waals surface area contributed by atoms with Crippen molar-refractivity contribution in [3.8, 4) is 0 Å². The second-order valence-corrected chi connectivity index (χ2v) is 8.54. The summed E-state index contributed by atoms with van der Waals surface area (Å²) in [5, 5.41) is 3.54. The highest BCUT2D eigenvalue weighted by atomic mass is 35.5. The number of likely N-dealkylation sites (tertiary alicyclic amines) is 2. The number of halogens is 1. The first kappa shape index (κ1) is 20.7. The van der Waals surface area contributed by atoms with Crippen LogP contribution in [0.15, 0.2) is 22.6 Å². The van der Waals surface area contributed by atoms with Crippen LogP contribution in [-0.2, 0) is 0 Å². The Morgan fingerprint density at radius 3 is 2.50 bits per heavy atom. The number of hydrogen-bond acceptors (Lipinski definition) is 4. The van der Waals surface area contributed by atoms with Gasteiger partial charge in [0, 0.05) is 42.8 Å². The van der Waals surface area contributed by atoms with Crippen LogP contribution in [0.3, 0.4) is 0 Å². The average Bonchev–Trinajstić information content (AvgIpc) is 3.40. The summed E-state index contributed by atoms with van der Waals surface area (Å²) in [6.07, 6.45) is 3.59. The number of hydrogen-bond donors (Lipinski definition) is 1. The number of oxazole rings is 1. The molecule has 1 N–H and O–H groups in total. The van der Waals surface area contributed by atoms with Crippen LogP contribution in [0.25, 0.3) is 0 Å². The first-order valence-electron chi connectivity index (χ1n) is 10.5. The number of amides is 3. The second-order valence-electron chi connectivity index (χ2n) is 8.11. The van der Waals surface area contributed by atoms with Gasteiger partial charge in [0.05, 0.1) is 0 Å². The van der Waals surface area contributed by atoms with E-state index in [1.165, 1.54) is 0 Å². The molecule has 2 saturated heterocycles. The number of aromatic nitrogens is 1. The van der Waals surface area contributed by atoms with Crippen molar-refractivity contribution in [3.05, 3.63) is 46.1 Å². The van der Waals surface area contributed by atoms with Gasteiger partial charge in [-0.25, -0.2) is 9.78 Å². The lowest BCUT2D eigenvalue weighted by molar-refractivity contribution is 0.0786. The van der Waals surface area contributed by atoms with E-state index in [4.69, 9.17) is 16.0 Å². The SMILES string of the molecule is Cc1ccc(Cl)cc1NC(=O)N1CCC(c2nc(C(=O)N3CCCC3)c(C)o2)CC1. The quantitative estimate of drug-likeness (QED) is 0.772. The van der Waals surface area contributed by atoms with E-state index in [2.05, 4.69) is 10.3 Å². The van der Waals surface area contributed by atoms with Crippen LogP contribution in [0, 0.1) is 13.8 Å². The van der Waals surface area contributed by atoms with Gasteiger partial charge in [-0.1, -0.05) is 17.7 Å². The smallest absolute Gasteiger partial charge is 0.321 e. The Hall–Kier alpha value is -2.54. The van der Waals surface area contributed by atoms with Crippen molar-refractivity contribution in [2.45, 2.75) is 45.4 Å². The largest absolute Gasteiger partial charge is 0.445 e. The highest BCUT2D eigenvalue weighted by Crippen LogP contribution is 2.30. The Morgan fingerprint density at radius 2 is 1.80 bits per heavy atom. The highest BCUT2D eigenvalue weighted by molar-refractivity contribution is 6.31. The fourth-order valence-corrected chi connectivity index (χ4v) is 4.28. The Labute approximate surface area is 181 Å². The number of carbonyl (C=O) groups excluding carboxylic acids is 2. The zero-order chi connectivity index (χ0) is 21.3. The van der Waals surface area contributed by atoms with Gasteiger partial charge in [-0.05, 0) is 57.2 Å². The van der Waals surface area contributed by atoms with Crippen molar-refractivity contribution in [1.82, 2.24) is 14.8 Å². The topological polar surface area (TPSA) is 78.7 Å². The third-order valence-corrected chi connectivity index (χ3v) is 6.22. The number of nitrogens with one attached hydrogen (secondary N) is 1. The molecule has 8 heteroatoms. The summed E-state index contributed by atoms with van der Waals surface area (Å²) in [6.45, 7) is 6.53. The molecule has 1 aromatic carbocycles. The van der Waals surface area contributed by atoms with E-state index >= 15 is 0 Å². The normalized spacial score (nSPS) is 17.4. The van der Waals surface area contributed by atoms with Crippen LogP contribution in [0.5, 0.6) is 0 Å². The molecule has 0 spiro atoms. The van der Waals surface area contributed by atoms with Crippen molar-refractivity contribution < 1.29 is 14.0 Å². The molecule has 0 saturated carbocycles. The minimum Gasteiger partial charge on any atom is -0.445 e. The third-order valence-electron chi connectivity index (χ3n) is 5.98. The van der Waals surface area contributed by atoms with Crippen molar-refractivity contribution in [3.63, 3.8) is 0 Å². The molecule has 3 amide bonds. The molecule has 160 valence electrons. The Bertz CT molecular complexity index is 944. The summed E-state index contributed by atoms with van der Waals surface area (Å²) in [6, 6.07) is 5.32. The monoisotopic (exact) mass is 430 g/mol. The first-order valence-corrected chi connectivity index (χ1v) is 10.9. The molecule has 4 rings (SSSR count). The van der Waals surface area contributed by atoms with Gasteiger partial charge < -0.3 is 19.5 Å². The second kappa shape index (κ2) is 8.68. The van der Waals surface area contributed by atoms with Gasteiger partial charge in [-0.2, -0.15) is 0 Å². The molecule has 0 atom stereocenters. The minimum absolute atomic E-state index is 0.0336. The lowest BCUT2D eigenvalue weighted by atomic mass is 9.97. The molecule has 0 radical (unpaired) electrons. The van der Waals surface area contributed by atoms with Crippen molar-refractivity contribution >= 4 is 29.2 Å². The maximum absolute atomic E-state index is 12.7. The van der Waals surface area contributed by atoms with E-state index in [1.807, 2.05) is 17.9 Å². The van der Waals surface area contributed by atoms with Crippen LogP contribution >= 0.6 is 11.6 Å². The molecule has 3 heterocycles. The molecule has 2 fully saturated rings. The summed E-state index contributed by atoms with van der Waals surface area (Å²) in [5.41, 5.74) is 2.12. The minimum atomic E-state index is -0.132. The number of rotatable bonds is 3. The van der Waals surface area contributed by atoms with Crippen LogP contribution in [0.1, 0.15) is 59.3 Å². The zero-order valence-electron chi connectivity index (χ0n) is 17.4. The highest BCUT2D eigenvalue weighted by Gasteiger charge is 2.30. The number of benzene rings is 1. The predicted molar refractivity (Wildman–Crippen MR) is 115 cm³/mol. The third kappa shape index (κ3) is 4.31. The summed E-state index contributed by atoms with van der Waals surface area (Å²) < 4.78 is 5.86. The van der Waals surface area contributed by atoms with E-state index in [0.717, 1.165) is 50.0 Å². The van der Waals surface area contributed by atoms with Crippen molar-refractivity contribution in [2.24, 2.45) is 0 Å². The van der Waals surface area contributed by atoms with Gasteiger partial charge in [-0.15, -0.1) is 0 Å². The number of urea groups is 1. The fourth-order valence-electron chi connectivity index (χ4n) is 4.11. The average molecular weight is 431 g/mol. The molecule has 1 aromatic heterocycles. The van der Waals surface area contributed by atoms with E-state index in [-0.39, 0.29) is 17.9 Å². The van der Waals surface area contributed by atoms with E-state index in [0.29, 0.717) is 35.5 Å². The Morgan fingerprint density at radius 1 is 1.10 bits per heavy atom. The molecule has 0 unspecified atom stereocenters. The molecular formula is C22H27ClN4O3. The lowest BCUT2D eigenvalue weighted by Crippen LogP contribution is -2.40. The van der Waals surface area contributed by atoms with Gasteiger partial charge in [-0.3, -0.25) is 4.79 Å². The van der Waals surface area contributed by atoms with Crippen LogP contribution in [-0.4, -0.2) is 52.9 Å². The Kier molecular flexibility index (Phi) is 5.99. The number of aryl methyl sites for hydroxylation is 2. The molecule has 30 heavy (non-hydrogen) atoms. The number of anilines is 1. The first-order chi connectivity index (χ1) is 14.4. The summed E-state index contributed by atoms with van der Waals surface area (Å²) in [4.78, 5) is 33.5. The Balaban J connectivity index is 1.36. The van der Waals surface area contributed by atoms with Crippen molar-refractivity contribution in [1.29, 1.82) is 0 Å². The zero-order valence-corrected chi connectivity index (χ0v) is 18.2. The van der Waals surface area contributed by atoms with Crippen LogP contribution in [0.2, 0.25) is 5.02 Å². The standard InChI is InChI=1S/C22H27ClN4O3/c1-14-5-6-17(23)13-18(14)24-22(29)27-11-7-16(8-12-27)20-25-19(15(2)30-20)21(28)26-9-3-4-10-26/h5-6,13,16H,3-4,7-12H2,1-2H3,(H,24,29). The van der Waals surface area contributed by atoms with E-state index < -0.39 is 0 Å². The number of nitrogens with zero attached hydrogens (tertiary/aromatic N) is 3. The van der Waals surface area contributed by atoms with Gasteiger partial charge in [0.2, 0.25) is 0 Å². The van der Waals surface area contributed by atoms with Crippen LogP contribution in [0.4, 0.5) is 10.5 Å². The number of carbonyl (C=O) groups is 2. The molecule has 0 aliphatic carbocycles. The molecular weight excluding hydrogens is 404 g/mol. The maximum atomic E-state index is 12.7. The molecule has 2 aliphatic rings. The number of piperidine rings is 1. The maximum Gasteiger partial charge on any atom is 0.321 e. The molecule has 2 aliphatic heterocycles. The molecule has 7 nitrogen and oxygen atoms in total.